The maximum Gasteiger partial charge on any atom is 0.132 e. The summed E-state index contributed by atoms with van der Waals surface area (Å²) in [6.07, 6.45) is 2.46. The molecule has 3 heteroatoms. The molecular weight excluding hydrogens is 190 g/mol. The molecule has 78 valence electrons. The lowest BCUT2D eigenvalue weighted by atomic mass is 10.1. The molecule has 0 bridgehead atoms. The molecule has 2 aromatic rings. The molecule has 0 aliphatic carbocycles. The van der Waals surface area contributed by atoms with Crippen molar-refractivity contribution in [1.29, 1.82) is 0 Å². The molecule has 0 aliphatic heterocycles. The van der Waals surface area contributed by atoms with Gasteiger partial charge >= 0.3 is 0 Å². The molecule has 0 aliphatic rings. The highest BCUT2D eigenvalue weighted by atomic mass is 16.3. The molecule has 0 atom stereocenters. The van der Waals surface area contributed by atoms with E-state index in [1.807, 2.05) is 18.2 Å². The van der Waals surface area contributed by atoms with E-state index in [0.717, 1.165) is 11.9 Å². The third-order valence-corrected chi connectivity index (χ3v) is 2.56. The Morgan fingerprint density at radius 2 is 2.13 bits per heavy atom. The molecule has 3 nitrogen and oxygen atoms in total. The Morgan fingerprint density at radius 1 is 1.33 bits per heavy atom. The zero-order valence-corrected chi connectivity index (χ0v) is 8.57. The Morgan fingerprint density at radius 3 is 2.80 bits per heavy atom. The number of benzene rings is 1. The SMILES string of the molecule is CCc1ccc2c(O)c(CO)cnc2c1. The number of aryl methyl sites for hydroxylation is 1. The maximum atomic E-state index is 9.81. The Labute approximate surface area is 88.0 Å². The summed E-state index contributed by atoms with van der Waals surface area (Å²) in [6.45, 7) is 1.88. The smallest absolute Gasteiger partial charge is 0.132 e. The van der Waals surface area contributed by atoms with Crippen LogP contribution in [0.25, 0.3) is 10.9 Å². The number of hydrogen-bond acceptors (Lipinski definition) is 3. The van der Waals surface area contributed by atoms with Crippen LogP contribution in [0.3, 0.4) is 0 Å². The van der Waals surface area contributed by atoms with Gasteiger partial charge in [0.25, 0.3) is 0 Å². The lowest BCUT2D eigenvalue weighted by Gasteiger charge is -2.06. The predicted molar refractivity (Wildman–Crippen MR) is 58.7 cm³/mol. The summed E-state index contributed by atoms with van der Waals surface area (Å²) in [5.74, 6) is 0.130. The average Bonchev–Trinajstić information content (AvgIpc) is 2.29. The Hall–Kier alpha value is -1.61. The lowest BCUT2D eigenvalue weighted by Crippen LogP contribution is -1.90. The van der Waals surface area contributed by atoms with Crippen molar-refractivity contribution in [3.8, 4) is 5.75 Å². The number of aromatic nitrogens is 1. The van der Waals surface area contributed by atoms with Crippen molar-refractivity contribution < 1.29 is 10.2 Å². The number of pyridine rings is 1. The fraction of sp³-hybridized carbons (Fsp3) is 0.250. The number of rotatable bonds is 2. The highest BCUT2D eigenvalue weighted by Gasteiger charge is 2.06. The summed E-state index contributed by atoms with van der Waals surface area (Å²) < 4.78 is 0. The Kier molecular flexibility index (Phi) is 2.56. The van der Waals surface area contributed by atoms with Gasteiger partial charge in [0, 0.05) is 17.1 Å². The van der Waals surface area contributed by atoms with E-state index in [4.69, 9.17) is 5.11 Å². The van der Waals surface area contributed by atoms with Gasteiger partial charge in [0.05, 0.1) is 12.1 Å². The maximum absolute atomic E-state index is 9.81. The van der Waals surface area contributed by atoms with E-state index in [0.29, 0.717) is 10.9 Å². The van der Waals surface area contributed by atoms with Gasteiger partial charge < -0.3 is 10.2 Å². The van der Waals surface area contributed by atoms with Crippen molar-refractivity contribution in [3.05, 3.63) is 35.5 Å². The van der Waals surface area contributed by atoms with Crippen molar-refractivity contribution in [2.24, 2.45) is 0 Å². The molecule has 0 saturated carbocycles. The van der Waals surface area contributed by atoms with Crippen LogP contribution in [0.1, 0.15) is 18.1 Å². The van der Waals surface area contributed by atoms with Crippen LogP contribution in [0.5, 0.6) is 5.75 Å². The summed E-state index contributed by atoms with van der Waals surface area (Å²) in [4.78, 5) is 4.20. The highest BCUT2D eigenvalue weighted by Crippen LogP contribution is 2.27. The Bertz CT molecular complexity index is 494. The van der Waals surface area contributed by atoms with E-state index >= 15 is 0 Å². The molecule has 0 fully saturated rings. The van der Waals surface area contributed by atoms with Crippen molar-refractivity contribution in [1.82, 2.24) is 4.98 Å². The standard InChI is InChI=1S/C12H13NO2/c1-2-8-3-4-10-11(5-8)13-6-9(7-14)12(10)15/h3-6,14H,2,7H2,1H3,(H,13,15). The van der Waals surface area contributed by atoms with E-state index in [1.165, 1.54) is 11.8 Å². The van der Waals surface area contributed by atoms with E-state index in [2.05, 4.69) is 11.9 Å². The third-order valence-electron chi connectivity index (χ3n) is 2.56. The molecule has 1 heterocycles. The van der Waals surface area contributed by atoms with E-state index in [9.17, 15) is 5.11 Å². The fourth-order valence-corrected chi connectivity index (χ4v) is 1.60. The molecule has 0 amide bonds. The second-order valence-electron chi connectivity index (χ2n) is 3.50. The van der Waals surface area contributed by atoms with Crippen molar-refractivity contribution in [3.63, 3.8) is 0 Å². The zero-order chi connectivity index (χ0) is 10.8. The molecule has 0 radical (unpaired) electrons. The van der Waals surface area contributed by atoms with Crippen LogP contribution < -0.4 is 0 Å². The summed E-state index contributed by atoms with van der Waals surface area (Å²) in [7, 11) is 0. The Balaban J connectivity index is 2.68. The minimum Gasteiger partial charge on any atom is -0.507 e. The van der Waals surface area contributed by atoms with Gasteiger partial charge in [-0.15, -0.1) is 0 Å². The highest BCUT2D eigenvalue weighted by molar-refractivity contribution is 5.86. The normalized spacial score (nSPS) is 10.8. The first-order valence-electron chi connectivity index (χ1n) is 4.96. The van der Waals surface area contributed by atoms with Gasteiger partial charge in [-0.05, 0) is 24.1 Å². The van der Waals surface area contributed by atoms with Crippen molar-refractivity contribution in [2.75, 3.05) is 0 Å². The number of aromatic hydroxyl groups is 1. The van der Waals surface area contributed by atoms with Gasteiger partial charge in [-0.25, -0.2) is 0 Å². The molecule has 0 saturated heterocycles. The topological polar surface area (TPSA) is 53.4 Å². The molecule has 15 heavy (non-hydrogen) atoms. The van der Waals surface area contributed by atoms with Gasteiger partial charge in [-0.2, -0.15) is 0 Å². The quantitative estimate of drug-likeness (QED) is 0.784. The van der Waals surface area contributed by atoms with Crippen LogP contribution in [-0.2, 0) is 13.0 Å². The monoisotopic (exact) mass is 203 g/mol. The average molecular weight is 203 g/mol. The van der Waals surface area contributed by atoms with Gasteiger partial charge in [-0.3, -0.25) is 4.98 Å². The van der Waals surface area contributed by atoms with Crippen molar-refractivity contribution >= 4 is 10.9 Å². The first-order chi connectivity index (χ1) is 7.26. The number of aliphatic hydroxyl groups is 1. The van der Waals surface area contributed by atoms with Crippen LogP contribution in [0.4, 0.5) is 0 Å². The van der Waals surface area contributed by atoms with Crippen LogP contribution in [-0.4, -0.2) is 15.2 Å². The number of aliphatic hydroxyl groups excluding tert-OH is 1. The summed E-state index contributed by atoms with van der Waals surface area (Å²) in [5, 5.41) is 19.5. The summed E-state index contributed by atoms with van der Waals surface area (Å²) >= 11 is 0. The molecule has 0 spiro atoms. The van der Waals surface area contributed by atoms with Gasteiger partial charge in [0.15, 0.2) is 0 Å². The molecular formula is C12H13NO2. The fourth-order valence-electron chi connectivity index (χ4n) is 1.60. The number of fused-ring (bicyclic) bond motifs is 1. The van der Waals surface area contributed by atoms with Gasteiger partial charge in [0.1, 0.15) is 5.75 Å². The largest absolute Gasteiger partial charge is 0.507 e. The minimum absolute atomic E-state index is 0.130. The van der Waals surface area contributed by atoms with Crippen molar-refractivity contribution in [2.45, 2.75) is 20.0 Å². The van der Waals surface area contributed by atoms with E-state index in [1.54, 1.807) is 0 Å². The molecule has 2 N–H and O–H groups in total. The van der Waals surface area contributed by atoms with E-state index in [-0.39, 0.29) is 12.4 Å². The van der Waals surface area contributed by atoms with Crippen LogP contribution in [0.15, 0.2) is 24.4 Å². The molecule has 2 rings (SSSR count). The number of hydrogen-bond donors (Lipinski definition) is 2. The first kappa shape index (κ1) is 9.93. The molecule has 1 aromatic heterocycles. The summed E-state index contributed by atoms with van der Waals surface area (Å²) in [5.41, 5.74) is 2.42. The van der Waals surface area contributed by atoms with Crippen LogP contribution in [0, 0.1) is 0 Å². The second-order valence-corrected chi connectivity index (χ2v) is 3.50. The number of nitrogens with zero attached hydrogens (tertiary/aromatic N) is 1. The van der Waals surface area contributed by atoms with Crippen LogP contribution in [0.2, 0.25) is 0 Å². The van der Waals surface area contributed by atoms with E-state index < -0.39 is 0 Å². The molecule has 1 aromatic carbocycles. The minimum atomic E-state index is -0.190. The zero-order valence-electron chi connectivity index (χ0n) is 8.57. The summed E-state index contributed by atoms with van der Waals surface area (Å²) in [6, 6.07) is 5.76. The first-order valence-corrected chi connectivity index (χ1v) is 4.96. The lowest BCUT2D eigenvalue weighted by molar-refractivity contribution is 0.275. The van der Waals surface area contributed by atoms with Gasteiger partial charge in [0.2, 0.25) is 0 Å². The third kappa shape index (κ3) is 1.66. The van der Waals surface area contributed by atoms with Crippen LogP contribution >= 0.6 is 0 Å². The van der Waals surface area contributed by atoms with Gasteiger partial charge in [-0.1, -0.05) is 13.0 Å². The second kappa shape index (κ2) is 3.87. The molecule has 0 unspecified atom stereocenters. The predicted octanol–water partition coefficient (Wildman–Crippen LogP) is 2.00.